The molecule has 0 aromatic heterocycles. The van der Waals surface area contributed by atoms with Crippen molar-refractivity contribution in [2.75, 3.05) is 0 Å². The molecule has 0 bridgehead atoms. The predicted octanol–water partition coefficient (Wildman–Crippen LogP) is 4.76. The van der Waals surface area contributed by atoms with E-state index in [1.807, 2.05) is 18.2 Å². The maximum Gasteiger partial charge on any atom is 0.306 e. The smallest absolute Gasteiger partial charge is 0.306 e. The van der Waals surface area contributed by atoms with E-state index < -0.39 is 56.0 Å². The van der Waals surface area contributed by atoms with Crippen molar-refractivity contribution in [1.29, 1.82) is 0 Å². The monoisotopic (exact) mass is 343 g/mol. The molecule has 1 rings (SSSR count). The Morgan fingerprint density at radius 2 is 2.00 bits per heavy atom. The molecule has 0 saturated carbocycles. The molecule has 0 spiro atoms. The summed E-state index contributed by atoms with van der Waals surface area (Å²) in [5.41, 5.74) is 0.0918. The van der Waals surface area contributed by atoms with Gasteiger partial charge in [0.05, 0.1) is 12.5 Å². The molecule has 0 fully saturated rings. The van der Waals surface area contributed by atoms with Crippen LogP contribution < -0.4 is 0 Å². The van der Waals surface area contributed by atoms with Crippen molar-refractivity contribution in [3.05, 3.63) is 35.9 Å². The third-order valence-corrected chi connectivity index (χ3v) is 3.48. The van der Waals surface area contributed by atoms with Crippen molar-refractivity contribution in [2.45, 2.75) is 78.2 Å². The Bertz CT molecular complexity index is 754. The van der Waals surface area contributed by atoms with Crippen molar-refractivity contribution in [2.24, 2.45) is 11.8 Å². The zero-order valence-corrected chi connectivity index (χ0v) is 14.6. The fourth-order valence-corrected chi connectivity index (χ4v) is 2.44. The van der Waals surface area contributed by atoms with Crippen LogP contribution in [0.2, 0.25) is 0 Å². The largest absolute Gasteiger partial charge is 0.460 e. The Labute approximate surface area is 160 Å². The van der Waals surface area contributed by atoms with E-state index in [0.717, 1.165) is 5.56 Å². The summed E-state index contributed by atoms with van der Waals surface area (Å²) in [6.45, 7) is -1.72. The van der Waals surface area contributed by atoms with Gasteiger partial charge in [-0.15, -0.1) is 0 Å². The normalized spacial score (nSPS) is 22.1. The van der Waals surface area contributed by atoms with E-state index in [1.165, 1.54) is 0 Å². The van der Waals surface area contributed by atoms with Gasteiger partial charge in [-0.05, 0) is 51.0 Å². The van der Waals surface area contributed by atoms with Crippen LogP contribution in [-0.4, -0.2) is 22.8 Å². The fourth-order valence-electron chi connectivity index (χ4n) is 2.44. The molecular weight excluding hydrogens is 300 g/mol. The lowest BCUT2D eigenvalue weighted by molar-refractivity contribution is -0.157. The van der Waals surface area contributed by atoms with Crippen LogP contribution >= 0.6 is 0 Å². The fraction of sp³-hybridized carbons (Fsp3) is 0.667. The maximum atomic E-state index is 12.4. The lowest BCUT2D eigenvalue weighted by Crippen LogP contribution is -2.30. The molecule has 1 N–H and O–H groups in total. The average molecular weight is 344 g/mol. The van der Waals surface area contributed by atoms with Gasteiger partial charge in [-0.3, -0.25) is 4.79 Å². The SMILES string of the molecule is [2H]C([2H])([2H])C([2H])(C([2H])([2H])[2H])C([2H])([2H])CC[C@@H](O)[C@@H](CC(=O)OC(C)(C)C)Cc1ccccc1. The molecule has 0 aliphatic carbocycles. The first kappa shape index (κ1) is 10.6. The summed E-state index contributed by atoms with van der Waals surface area (Å²) in [5.74, 6) is -4.61. The first-order valence-electron chi connectivity index (χ1n) is 12.6. The van der Waals surface area contributed by atoms with E-state index in [2.05, 4.69) is 0 Å². The maximum absolute atomic E-state index is 12.4. The Balaban J connectivity index is 3.10. The van der Waals surface area contributed by atoms with Crippen LogP contribution in [0.3, 0.4) is 0 Å². The summed E-state index contributed by atoms with van der Waals surface area (Å²) in [7, 11) is 0. The van der Waals surface area contributed by atoms with E-state index in [4.69, 9.17) is 17.1 Å². The van der Waals surface area contributed by atoms with E-state index in [-0.39, 0.29) is 19.3 Å². The number of rotatable bonds is 9. The third-order valence-electron chi connectivity index (χ3n) is 3.48. The van der Waals surface area contributed by atoms with Crippen LogP contribution in [0.25, 0.3) is 0 Å². The van der Waals surface area contributed by atoms with Gasteiger partial charge in [0.15, 0.2) is 0 Å². The van der Waals surface area contributed by atoms with Crippen LogP contribution in [0.15, 0.2) is 30.3 Å². The second kappa shape index (κ2) is 9.83. The molecular formula is C21H34O3. The molecule has 0 radical (unpaired) electrons. The zero-order chi connectivity index (χ0) is 25.9. The highest BCUT2D eigenvalue weighted by atomic mass is 16.6. The molecule has 0 amide bonds. The number of carbonyl (C=O) groups is 1. The summed E-state index contributed by atoms with van der Waals surface area (Å²) >= 11 is 0. The van der Waals surface area contributed by atoms with Crippen molar-refractivity contribution in [1.82, 2.24) is 0 Å². The highest BCUT2D eigenvalue weighted by Crippen LogP contribution is 2.23. The van der Waals surface area contributed by atoms with Gasteiger partial charge in [-0.2, -0.15) is 0 Å². The molecule has 0 heterocycles. The third kappa shape index (κ3) is 9.07. The first-order chi connectivity index (χ1) is 14.7. The van der Waals surface area contributed by atoms with E-state index in [0.29, 0.717) is 0 Å². The van der Waals surface area contributed by atoms with Crippen molar-refractivity contribution >= 4 is 5.97 Å². The Kier molecular flexibility index (Phi) is 4.34. The molecule has 2 atom stereocenters. The quantitative estimate of drug-likeness (QED) is 0.657. The van der Waals surface area contributed by atoms with Gasteiger partial charge in [-0.25, -0.2) is 0 Å². The standard InChI is InChI=1S/C21H34O3/c1-16(2)10-9-13-19(22)18(14-17-11-7-6-8-12-17)15-20(23)24-21(3,4)5/h6-8,11-12,16,18-19,22H,9-10,13-15H2,1-5H3/t18-,19-/m1/s1/i1D3,2D3,10D2,16D. The van der Waals surface area contributed by atoms with E-state index in [9.17, 15) is 9.90 Å². The van der Waals surface area contributed by atoms with Crippen LogP contribution in [0, 0.1) is 11.8 Å². The van der Waals surface area contributed by atoms with Crippen LogP contribution in [0.1, 0.15) is 78.0 Å². The molecule has 3 nitrogen and oxygen atoms in total. The summed E-state index contributed by atoms with van der Waals surface area (Å²) in [6, 6.07) is 9.03. The van der Waals surface area contributed by atoms with E-state index in [1.54, 1.807) is 32.9 Å². The second-order valence-corrected chi connectivity index (χ2v) is 6.90. The summed E-state index contributed by atoms with van der Waals surface area (Å²) in [5, 5.41) is 10.8. The molecule has 0 saturated heterocycles. The molecule has 136 valence electrons. The van der Waals surface area contributed by atoms with Gasteiger partial charge in [0.25, 0.3) is 0 Å². The minimum absolute atomic E-state index is 0.166. The van der Waals surface area contributed by atoms with Gasteiger partial charge in [0.1, 0.15) is 5.60 Å². The van der Waals surface area contributed by atoms with Crippen LogP contribution in [0.4, 0.5) is 0 Å². The van der Waals surface area contributed by atoms with Gasteiger partial charge in [-0.1, -0.05) is 56.8 Å². The molecule has 3 heteroatoms. The lowest BCUT2D eigenvalue weighted by Gasteiger charge is -2.25. The molecule has 24 heavy (non-hydrogen) atoms. The number of ether oxygens (including phenoxy) is 1. The van der Waals surface area contributed by atoms with Gasteiger partial charge < -0.3 is 9.84 Å². The van der Waals surface area contributed by atoms with E-state index >= 15 is 0 Å². The van der Waals surface area contributed by atoms with Gasteiger partial charge in [0, 0.05) is 12.3 Å². The van der Waals surface area contributed by atoms with Gasteiger partial charge in [0.2, 0.25) is 0 Å². The van der Waals surface area contributed by atoms with Gasteiger partial charge >= 0.3 is 5.97 Å². The second-order valence-electron chi connectivity index (χ2n) is 6.90. The number of hydrogen-bond donors (Lipinski definition) is 1. The van der Waals surface area contributed by atoms with Crippen molar-refractivity contribution in [3.8, 4) is 0 Å². The molecule has 1 aromatic rings. The average Bonchev–Trinajstić information content (AvgIpc) is 2.62. The van der Waals surface area contributed by atoms with Crippen molar-refractivity contribution in [3.63, 3.8) is 0 Å². The highest BCUT2D eigenvalue weighted by molar-refractivity contribution is 5.70. The van der Waals surface area contributed by atoms with Crippen molar-refractivity contribution < 1.29 is 27.0 Å². The Morgan fingerprint density at radius 1 is 1.33 bits per heavy atom. The summed E-state index contributed by atoms with van der Waals surface area (Å²) in [4.78, 5) is 12.4. The number of aliphatic hydroxyl groups is 1. The lowest BCUT2D eigenvalue weighted by atomic mass is 9.88. The number of esters is 1. The molecule has 0 unspecified atom stereocenters. The molecule has 1 aromatic carbocycles. The summed E-state index contributed by atoms with van der Waals surface area (Å²) < 4.78 is 74.9. The molecule has 0 aliphatic rings. The summed E-state index contributed by atoms with van der Waals surface area (Å²) in [6.07, 6.45) is -5.14. The first-order valence-corrected chi connectivity index (χ1v) is 8.15. The van der Waals surface area contributed by atoms with Crippen LogP contribution in [0.5, 0.6) is 0 Å². The molecule has 0 aliphatic heterocycles. The number of benzene rings is 1. The Morgan fingerprint density at radius 3 is 2.58 bits per heavy atom. The topological polar surface area (TPSA) is 46.5 Å². The Hall–Kier alpha value is -1.35. The minimum Gasteiger partial charge on any atom is -0.460 e. The predicted molar refractivity (Wildman–Crippen MR) is 98.8 cm³/mol. The number of aliphatic hydroxyl groups excluding tert-OH is 1. The number of hydrogen-bond acceptors (Lipinski definition) is 3. The zero-order valence-electron chi connectivity index (χ0n) is 23.6. The minimum atomic E-state index is -3.42. The highest BCUT2D eigenvalue weighted by Gasteiger charge is 2.25. The van der Waals surface area contributed by atoms with Crippen LogP contribution in [-0.2, 0) is 16.0 Å². The number of carbonyl (C=O) groups excluding carboxylic acids is 1.